The molecule has 3 fully saturated rings. The quantitative estimate of drug-likeness (QED) is 0.00409. The molecule has 3 aliphatic heterocycles. The summed E-state index contributed by atoms with van der Waals surface area (Å²) in [6, 6.07) is -3.48. The summed E-state index contributed by atoms with van der Waals surface area (Å²) in [6.45, 7) is 12.2. The number of amides is 7. The molecule has 8 unspecified atom stereocenters. The minimum Gasteiger partial charge on any atom is -0.463 e. The third-order valence-corrected chi connectivity index (χ3v) is 22.1. The lowest BCUT2D eigenvalue weighted by molar-refractivity contribution is -0.277. The first-order valence-corrected chi connectivity index (χ1v) is 48.8. The molecule has 0 aliphatic carbocycles. The zero-order valence-electron chi connectivity index (χ0n) is 85.0. The van der Waals surface area contributed by atoms with Gasteiger partial charge in [0.2, 0.25) is 76.2 Å². The van der Waals surface area contributed by atoms with Crippen molar-refractivity contribution in [2.24, 2.45) is 21.4 Å². The van der Waals surface area contributed by atoms with Gasteiger partial charge in [-0.3, -0.25) is 86.5 Å². The van der Waals surface area contributed by atoms with Crippen molar-refractivity contribution in [3.63, 3.8) is 0 Å². The van der Waals surface area contributed by atoms with Gasteiger partial charge in [-0.2, -0.15) is 13.9 Å². The number of aliphatic imine (C=N–C) groups is 1. The Morgan fingerprint density at radius 2 is 0.616 bits per heavy atom. The predicted molar refractivity (Wildman–Crippen MR) is 499 cm³/mol. The average molecular weight is 2100 g/mol. The van der Waals surface area contributed by atoms with Crippen molar-refractivity contribution in [2.45, 2.75) is 336 Å². The van der Waals surface area contributed by atoms with E-state index in [1.807, 2.05) is 0 Å². The second kappa shape index (κ2) is 70.5. The molecular formula is C95H145F5N10O36. The minimum absolute atomic E-state index is 0.0645. The molecule has 0 bridgehead atoms. The van der Waals surface area contributed by atoms with E-state index in [0.29, 0.717) is 103 Å². The van der Waals surface area contributed by atoms with Crippen LogP contribution in [0.2, 0.25) is 0 Å². The second-order valence-corrected chi connectivity index (χ2v) is 35.0. The predicted octanol–water partition coefficient (Wildman–Crippen LogP) is 4.94. The first kappa shape index (κ1) is 127. The zero-order chi connectivity index (χ0) is 108. The Morgan fingerprint density at radius 3 is 0.918 bits per heavy atom. The molecule has 46 nitrogen and oxygen atoms in total. The maximum absolute atomic E-state index is 14.0. The van der Waals surface area contributed by atoms with Crippen LogP contribution < -0.4 is 47.8 Å². The van der Waals surface area contributed by atoms with Crippen LogP contribution in [0, 0.1) is 34.5 Å². The van der Waals surface area contributed by atoms with E-state index in [4.69, 9.17) is 91.1 Å². The molecule has 15 atom stereocenters. The van der Waals surface area contributed by atoms with E-state index in [-0.39, 0.29) is 160 Å². The Morgan fingerprint density at radius 1 is 0.336 bits per heavy atom. The van der Waals surface area contributed by atoms with Crippen molar-refractivity contribution in [2.75, 3.05) is 112 Å². The fourth-order valence-corrected chi connectivity index (χ4v) is 15.4. The summed E-state index contributed by atoms with van der Waals surface area (Å²) in [7, 11) is 0. The topological polar surface area (TPSA) is 601 Å². The number of hydrogen-bond donors (Lipinski definition) is 8. The van der Waals surface area contributed by atoms with Crippen LogP contribution >= 0.6 is 0 Å². The molecule has 0 aromatic heterocycles. The van der Waals surface area contributed by atoms with E-state index in [9.17, 15) is 103 Å². The number of nitrogens with one attached hydrogen (secondary N) is 7. The lowest BCUT2D eigenvalue weighted by Crippen LogP contribution is -2.66. The van der Waals surface area contributed by atoms with Gasteiger partial charge in [0.15, 0.2) is 55.5 Å². The van der Waals surface area contributed by atoms with Gasteiger partial charge < -0.3 is 133 Å². The fourth-order valence-electron chi connectivity index (χ4n) is 15.4. The van der Waals surface area contributed by atoms with Gasteiger partial charge >= 0.3 is 59.7 Å². The highest BCUT2D eigenvalue weighted by Crippen LogP contribution is 2.35. The Hall–Kier alpha value is -11.4. The molecule has 9 N–H and O–H groups in total. The van der Waals surface area contributed by atoms with Crippen molar-refractivity contribution in [3.8, 4) is 5.75 Å². The lowest BCUT2D eigenvalue weighted by Gasteiger charge is -2.44. The van der Waals surface area contributed by atoms with E-state index >= 15 is 0 Å². The molecule has 4 rings (SSSR count). The number of benzene rings is 1. The van der Waals surface area contributed by atoms with E-state index in [1.165, 1.54) is 27.0 Å². The number of hydrazone groups is 1. The van der Waals surface area contributed by atoms with Crippen LogP contribution in [0.25, 0.3) is 0 Å². The third kappa shape index (κ3) is 51.3. The lowest BCUT2D eigenvalue weighted by atomic mass is 9.91. The number of nitrogens with zero attached hydrogens (tertiary/aromatic N) is 2. The number of rotatable bonds is 71. The number of ether oxygens (including phenoxy) is 19. The summed E-state index contributed by atoms with van der Waals surface area (Å²) in [4.78, 5) is 217. The normalized spacial score (nSPS) is 21.1. The minimum atomic E-state index is -2.39. The molecule has 826 valence electrons. The number of carbonyl (C=O) groups excluding carboxylic acids is 17. The fraction of sp³-hybridized carbons (Fsp3) is 0.737. The van der Waals surface area contributed by atoms with Crippen molar-refractivity contribution < 1.29 is 193 Å². The van der Waals surface area contributed by atoms with Crippen molar-refractivity contribution in [1.29, 1.82) is 0 Å². The van der Waals surface area contributed by atoms with E-state index in [2.05, 4.69) is 52.0 Å². The van der Waals surface area contributed by atoms with Gasteiger partial charge in [0.1, 0.15) is 56.3 Å². The van der Waals surface area contributed by atoms with Crippen LogP contribution in [0.4, 0.5) is 22.0 Å². The Kier molecular flexibility index (Phi) is 61.3. The number of nitrogens with two attached hydrogens (primary N) is 1. The maximum Gasteiger partial charge on any atom is 0.311 e. The number of esters is 10. The summed E-state index contributed by atoms with van der Waals surface area (Å²) in [5.74, 6) is -18.2. The molecule has 7 amide bonds. The highest BCUT2D eigenvalue weighted by Gasteiger charge is 2.55. The highest BCUT2D eigenvalue weighted by molar-refractivity contribution is 6.31. The van der Waals surface area contributed by atoms with E-state index in [1.54, 1.807) is 0 Å². The summed E-state index contributed by atoms with van der Waals surface area (Å²) in [5, 5.41) is 23.2. The van der Waals surface area contributed by atoms with Gasteiger partial charge in [0, 0.05) is 161 Å². The van der Waals surface area contributed by atoms with Gasteiger partial charge in [0.05, 0.1) is 63.9 Å². The first-order chi connectivity index (χ1) is 69.4. The molecule has 0 saturated carbocycles. The summed E-state index contributed by atoms with van der Waals surface area (Å²) in [5.41, 5.74) is -1.12. The molecule has 3 saturated heterocycles. The van der Waals surface area contributed by atoms with Crippen LogP contribution in [-0.2, 0) is 167 Å². The van der Waals surface area contributed by atoms with E-state index in [0.717, 1.165) is 81.6 Å². The molecule has 0 spiro atoms. The summed E-state index contributed by atoms with van der Waals surface area (Å²) >= 11 is 0. The van der Waals surface area contributed by atoms with Gasteiger partial charge in [0.25, 0.3) is 0 Å². The standard InChI is InChI=1S/C95H145F5N10O36/c1-56(111)107-82-89(140-65(10)120)85(137-62(7)117)69(49-134-59(4)114)143-92(82)131-41-30-22-19-27-38-103-73(124)35-44-128-53-95(52-102-47-68(110-101)48-106-72(123)33-25-17-15-13-14-16-18-26-34-76(127)146-88-80(99)78(97)77(96)79(98)81(88)100,54-129-45-36-74(125)104-39-28-20-23-31-42-132-93-83(108-57(2)112)90(141-66(11)121)86(138-63(8)118)70(144-93)50-135-60(5)115)55-130-46-37-75(126)105-40-29-21-24-32-43-133-94-84(109-58(3)113)91(142-67(12)122)87(139-64(9)119)71(145-94)51-136-61(6)116/h47,69-71,82-87,89-94H,13-46,48-55,101H2,1-12H3,(H,103,124)(H,104,125)(H,105,126)(H,106,123)(H,107,111)(H,108,112)(H,109,113)/t69?,70?,71?,82-,83?,84?,85-,86-,87-,89?,90?,91?,92+,93+,94+,95?/m0/s1. The molecule has 146 heavy (non-hydrogen) atoms. The SMILES string of the molecule is CC(=O)NC1C(OC(C)=O)[C@@H](OC(C)=O)C(COC(C)=O)O[C@H]1OCCCCCCNC(=O)CCOCC(CN=CC(CNC(=O)CCCCCCCCCCC(=O)Oc1c(F)c(F)c(F)c(F)c1F)=NN)(COCCC(=O)NCCCCCCO[C@@H]1OC(COC(C)=O)[C@H](OC(C)=O)C(OC(C)=O)C1NC(C)=O)COCCC(=O)NCCCCCCO[C@@H]1OC(COC(C)=O)[C@H](OC(C)=O)C(OC(C)=O)[C@@H]1NC(C)=O. The molecule has 51 heteroatoms. The van der Waals surface area contributed by atoms with Gasteiger partial charge in [-0.15, -0.1) is 0 Å². The molecule has 1 aromatic carbocycles. The monoisotopic (exact) mass is 2100 g/mol. The maximum atomic E-state index is 14.0. The number of unbranched alkanes of at least 4 members (excludes halogenated alkanes) is 16. The number of hydrogen-bond acceptors (Lipinski definition) is 39. The Balaban J connectivity index is 1.47. The van der Waals surface area contributed by atoms with Crippen LogP contribution in [0.3, 0.4) is 0 Å². The summed E-state index contributed by atoms with van der Waals surface area (Å²) < 4.78 is 177. The number of carbonyl (C=O) groups is 17. The third-order valence-electron chi connectivity index (χ3n) is 22.1. The summed E-state index contributed by atoms with van der Waals surface area (Å²) in [6.07, 6.45) is -3.23. The largest absolute Gasteiger partial charge is 0.463 e. The Labute approximate surface area is 844 Å². The first-order valence-electron chi connectivity index (χ1n) is 48.8. The molecule has 3 heterocycles. The van der Waals surface area contributed by atoms with Crippen molar-refractivity contribution >= 4 is 113 Å². The van der Waals surface area contributed by atoms with Crippen LogP contribution in [0.5, 0.6) is 5.75 Å². The number of halogens is 5. The Bertz CT molecular complexity index is 4070. The smallest absolute Gasteiger partial charge is 0.311 e. The van der Waals surface area contributed by atoms with Gasteiger partial charge in [-0.25, -0.2) is 13.2 Å². The van der Waals surface area contributed by atoms with Crippen LogP contribution in [-0.4, -0.2) is 317 Å². The van der Waals surface area contributed by atoms with Crippen LogP contribution in [0.1, 0.15) is 244 Å². The van der Waals surface area contributed by atoms with Gasteiger partial charge in [-0.05, 0) is 51.4 Å². The van der Waals surface area contributed by atoms with Gasteiger partial charge in [-0.1, -0.05) is 77.0 Å². The molecule has 1 aromatic rings. The van der Waals surface area contributed by atoms with Crippen LogP contribution in [0.15, 0.2) is 10.1 Å². The molecular weight excluding hydrogens is 1950 g/mol. The van der Waals surface area contributed by atoms with Crippen molar-refractivity contribution in [3.05, 3.63) is 29.1 Å². The molecule has 0 radical (unpaired) electrons. The second-order valence-electron chi connectivity index (χ2n) is 35.0. The highest BCUT2D eigenvalue weighted by atomic mass is 19.2. The average Bonchev–Trinajstić information content (AvgIpc) is 0.801. The van der Waals surface area contributed by atoms with Crippen molar-refractivity contribution in [1.82, 2.24) is 37.2 Å². The molecule has 3 aliphatic rings. The zero-order valence-corrected chi connectivity index (χ0v) is 85.0. The van der Waals surface area contributed by atoms with E-state index < -0.39 is 229 Å².